The Morgan fingerprint density at radius 1 is 1.19 bits per heavy atom. The summed E-state index contributed by atoms with van der Waals surface area (Å²) in [4.78, 5) is 0.0399. The van der Waals surface area contributed by atoms with Gasteiger partial charge in [0, 0.05) is 19.7 Å². The maximum Gasteiger partial charge on any atom is 0.243 e. The van der Waals surface area contributed by atoms with E-state index in [1.54, 1.807) is 0 Å². The van der Waals surface area contributed by atoms with Crippen molar-refractivity contribution < 1.29 is 17.5 Å². The van der Waals surface area contributed by atoms with Crippen molar-refractivity contribution in [2.24, 2.45) is 5.92 Å². The van der Waals surface area contributed by atoms with Gasteiger partial charge >= 0.3 is 0 Å². The van der Waals surface area contributed by atoms with Gasteiger partial charge in [0.05, 0.1) is 11.0 Å². The molecular formula is C15H20FNO3S. The molecule has 1 atom stereocenters. The first-order chi connectivity index (χ1) is 10.1. The second-order valence-electron chi connectivity index (χ2n) is 5.75. The number of benzene rings is 1. The van der Waals surface area contributed by atoms with Crippen LogP contribution in [0.1, 0.15) is 25.7 Å². The lowest BCUT2D eigenvalue weighted by Crippen LogP contribution is -2.41. The maximum atomic E-state index is 13.2. The molecule has 0 aliphatic carbocycles. The minimum atomic E-state index is -3.58. The van der Waals surface area contributed by atoms with Crippen molar-refractivity contribution in [3.8, 4) is 0 Å². The van der Waals surface area contributed by atoms with E-state index in [4.69, 9.17) is 4.74 Å². The molecular weight excluding hydrogens is 293 g/mol. The van der Waals surface area contributed by atoms with Gasteiger partial charge in [-0.25, -0.2) is 12.8 Å². The predicted octanol–water partition coefficient (Wildman–Crippen LogP) is 2.41. The Morgan fingerprint density at radius 3 is 2.57 bits per heavy atom. The van der Waals surface area contributed by atoms with Gasteiger partial charge in [-0.05, 0) is 49.8 Å². The Balaban J connectivity index is 1.68. The molecule has 0 N–H and O–H groups in total. The Morgan fingerprint density at radius 2 is 1.95 bits per heavy atom. The monoisotopic (exact) mass is 313 g/mol. The molecule has 116 valence electrons. The molecule has 1 aromatic rings. The number of piperidine rings is 1. The Labute approximate surface area is 125 Å². The van der Waals surface area contributed by atoms with Crippen LogP contribution in [0, 0.1) is 11.7 Å². The van der Waals surface area contributed by atoms with Gasteiger partial charge in [-0.3, -0.25) is 0 Å². The number of halogens is 1. The van der Waals surface area contributed by atoms with E-state index in [0.29, 0.717) is 25.1 Å². The number of nitrogens with zero attached hydrogens (tertiary/aromatic N) is 1. The zero-order valence-corrected chi connectivity index (χ0v) is 12.7. The number of ether oxygens (including phenoxy) is 1. The first kappa shape index (κ1) is 14.9. The molecule has 2 saturated heterocycles. The van der Waals surface area contributed by atoms with E-state index in [0.717, 1.165) is 38.4 Å². The molecule has 2 heterocycles. The third kappa shape index (κ3) is 3.12. The molecule has 4 nitrogen and oxygen atoms in total. The van der Waals surface area contributed by atoms with Crippen molar-refractivity contribution in [2.75, 3.05) is 19.7 Å². The van der Waals surface area contributed by atoms with Crippen molar-refractivity contribution in [1.29, 1.82) is 0 Å². The van der Waals surface area contributed by atoms with Crippen LogP contribution in [-0.2, 0) is 14.8 Å². The topological polar surface area (TPSA) is 46.6 Å². The van der Waals surface area contributed by atoms with Gasteiger partial charge < -0.3 is 4.74 Å². The van der Waals surface area contributed by atoms with Crippen molar-refractivity contribution in [3.63, 3.8) is 0 Å². The van der Waals surface area contributed by atoms with E-state index < -0.39 is 15.8 Å². The highest BCUT2D eigenvalue weighted by Crippen LogP contribution is 2.31. The van der Waals surface area contributed by atoms with E-state index in [1.165, 1.54) is 22.5 Å². The lowest BCUT2D eigenvalue weighted by Gasteiger charge is -2.33. The first-order valence-corrected chi connectivity index (χ1v) is 8.89. The SMILES string of the molecule is O=S(=O)(c1cccc(F)c1)N1CCC([C@@H]2CCCO2)CC1. The van der Waals surface area contributed by atoms with Crippen LogP contribution >= 0.6 is 0 Å². The van der Waals surface area contributed by atoms with Gasteiger partial charge in [0.2, 0.25) is 10.0 Å². The summed E-state index contributed by atoms with van der Waals surface area (Å²) in [6.45, 7) is 1.80. The van der Waals surface area contributed by atoms with Gasteiger partial charge in [-0.2, -0.15) is 4.31 Å². The van der Waals surface area contributed by atoms with Crippen LogP contribution in [0.3, 0.4) is 0 Å². The molecule has 0 unspecified atom stereocenters. The summed E-state index contributed by atoms with van der Waals surface area (Å²) in [5, 5.41) is 0. The van der Waals surface area contributed by atoms with Crippen LogP contribution in [0.4, 0.5) is 4.39 Å². The molecule has 0 saturated carbocycles. The van der Waals surface area contributed by atoms with Crippen LogP contribution in [0.15, 0.2) is 29.2 Å². The summed E-state index contributed by atoms with van der Waals surface area (Å²) >= 11 is 0. The van der Waals surface area contributed by atoms with Crippen LogP contribution in [0.2, 0.25) is 0 Å². The Hall–Kier alpha value is -0.980. The molecule has 2 aliphatic rings. The summed E-state index contributed by atoms with van der Waals surface area (Å²) in [5.74, 6) is -0.0724. The largest absolute Gasteiger partial charge is 0.378 e. The zero-order chi connectivity index (χ0) is 14.9. The highest BCUT2D eigenvalue weighted by Gasteiger charge is 2.34. The molecule has 3 rings (SSSR count). The van der Waals surface area contributed by atoms with E-state index in [9.17, 15) is 12.8 Å². The summed E-state index contributed by atoms with van der Waals surface area (Å²) < 4.78 is 45.4. The molecule has 0 bridgehead atoms. The molecule has 0 aromatic heterocycles. The quantitative estimate of drug-likeness (QED) is 0.861. The fourth-order valence-corrected chi connectivity index (χ4v) is 4.74. The third-order valence-electron chi connectivity index (χ3n) is 4.42. The zero-order valence-electron chi connectivity index (χ0n) is 11.9. The fourth-order valence-electron chi connectivity index (χ4n) is 3.24. The molecule has 1 aromatic carbocycles. The van der Waals surface area contributed by atoms with Gasteiger partial charge in [-0.1, -0.05) is 6.07 Å². The van der Waals surface area contributed by atoms with Crippen LogP contribution in [0.25, 0.3) is 0 Å². The molecule has 0 amide bonds. The standard InChI is InChI=1S/C15H20FNO3S/c16-13-3-1-4-14(11-13)21(18,19)17-8-6-12(7-9-17)15-5-2-10-20-15/h1,3-4,11-12,15H,2,5-10H2/t15-/m0/s1. The van der Waals surface area contributed by atoms with E-state index in [1.807, 2.05) is 0 Å². The summed E-state index contributed by atoms with van der Waals surface area (Å²) in [6.07, 6.45) is 4.12. The van der Waals surface area contributed by atoms with Gasteiger partial charge in [-0.15, -0.1) is 0 Å². The molecule has 0 radical (unpaired) electrons. The van der Waals surface area contributed by atoms with E-state index in [-0.39, 0.29) is 4.90 Å². The number of rotatable bonds is 3. The van der Waals surface area contributed by atoms with Gasteiger partial charge in [0.1, 0.15) is 5.82 Å². The molecule has 21 heavy (non-hydrogen) atoms. The first-order valence-electron chi connectivity index (χ1n) is 7.45. The van der Waals surface area contributed by atoms with Crippen molar-refractivity contribution in [2.45, 2.75) is 36.7 Å². The fraction of sp³-hybridized carbons (Fsp3) is 0.600. The normalized spacial score (nSPS) is 25.3. The van der Waals surface area contributed by atoms with E-state index >= 15 is 0 Å². The minimum absolute atomic E-state index is 0.0399. The van der Waals surface area contributed by atoms with Gasteiger partial charge in [0.25, 0.3) is 0 Å². The van der Waals surface area contributed by atoms with Crippen molar-refractivity contribution in [1.82, 2.24) is 4.31 Å². The molecule has 6 heteroatoms. The highest BCUT2D eigenvalue weighted by atomic mass is 32.2. The smallest absolute Gasteiger partial charge is 0.243 e. The van der Waals surface area contributed by atoms with Crippen molar-refractivity contribution in [3.05, 3.63) is 30.1 Å². The summed E-state index contributed by atoms with van der Waals surface area (Å²) in [7, 11) is -3.58. The number of sulfonamides is 1. The highest BCUT2D eigenvalue weighted by molar-refractivity contribution is 7.89. The second kappa shape index (κ2) is 6.02. The van der Waals surface area contributed by atoms with Crippen LogP contribution < -0.4 is 0 Å². The van der Waals surface area contributed by atoms with Gasteiger partial charge in [0.15, 0.2) is 0 Å². The molecule has 2 aliphatic heterocycles. The summed E-state index contributed by atoms with van der Waals surface area (Å²) in [5.41, 5.74) is 0. The number of hydrogen-bond acceptors (Lipinski definition) is 3. The maximum absolute atomic E-state index is 13.2. The molecule has 2 fully saturated rings. The third-order valence-corrected chi connectivity index (χ3v) is 6.32. The predicted molar refractivity (Wildman–Crippen MR) is 76.9 cm³/mol. The molecule has 0 spiro atoms. The number of hydrogen-bond donors (Lipinski definition) is 0. The van der Waals surface area contributed by atoms with Crippen LogP contribution in [0.5, 0.6) is 0 Å². The Bertz CT molecular complexity index is 591. The summed E-state index contributed by atoms with van der Waals surface area (Å²) in [6, 6.07) is 5.22. The average molecular weight is 313 g/mol. The lowest BCUT2D eigenvalue weighted by atomic mass is 9.91. The minimum Gasteiger partial charge on any atom is -0.378 e. The lowest BCUT2D eigenvalue weighted by molar-refractivity contribution is 0.0425. The van der Waals surface area contributed by atoms with Crippen molar-refractivity contribution >= 4 is 10.0 Å². The van der Waals surface area contributed by atoms with Crippen LogP contribution in [-0.4, -0.2) is 38.5 Å². The second-order valence-corrected chi connectivity index (χ2v) is 7.69. The Kier molecular flexibility index (Phi) is 4.28. The van der Waals surface area contributed by atoms with E-state index in [2.05, 4.69) is 0 Å². The average Bonchev–Trinajstić information content (AvgIpc) is 3.02.